The zero-order valence-corrected chi connectivity index (χ0v) is 20.3. The first kappa shape index (κ1) is 23.6. The highest BCUT2D eigenvalue weighted by Crippen LogP contribution is 2.55. The SMILES string of the molecule is CCCNC(=O)N1CC2(CC2)[C@H](NS(C)(=O)=O)[C@@H]1Cc1cccc(-c2ccccc2)c1OC. The lowest BCUT2D eigenvalue weighted by atomic mass is 9.91. The summed E-state index contributed by atoms with van der Waals surface area (Å²) in [6.45, 7) is 3.16. The number of nitrogens with one attached hydrogen (secondary N) is 2. The third-order valence-electron chi connectivity index (χ3n) is 6.76. The highest BCUT2D eigenvalue weighted by molar-refractivity contribution is 7.88. The number of amides is 2. The van der Waals surface area contributed by atoms with Crippen molar-refractivity contribution in [1.82, 2.24) is 14.9 Å². The second-order valence-electron chi connectivity index (χ2n) is 9.23. The van der Waals surface area contributed by atoms with Crippen molar-refractivity contribution in [2.75, 3.05) is 26.5 Å². The largest absolute Gasteiger partial charge is 0.496 e. The Bertz CT molecular complexity index is 1100. The van der Waals surface area contributed by atoms with Crippen molar-refractivity contribution in [3.8, 4) is 16.9 Å². The van der Waals surface area contributed by atoms with Gasteiger partial charge in [-0.25, -0.2) is 17.9 Å². The van der Waals surface area contributed by atoms with Gasteiger partial charge in [0.05, 0.1) is 19.4 Å². The summed E-state index contributed by atoms with van der Waals surface area (Å²) in [6.07, 6.45) is 4.35. The minimum atomic E-state index is -3.44. The smallest absolute Gasteiger partial charge is 0.317 e. The number of sulfonamides is 1. The summed E-state index contributed by atoms with van der Waals surface area (Å²) in [5, 5.41) is 2.98. The first-order chi connectivity index (χ1) is 15.8. The molecule has 33 heavy (non-hydrogen) atoms. The molecule has 1 aliphatic carbocycles. The number of urea groups is 1. The van der Waals surface area contributed by atoms with Crippen molar-refractivity contribution in [3.05, 3.63) is 54.1 Å². The van der Waals surface area contributed by atoms with Crippen LogP contribution in [0.15, 0.2) is 48.5 Å². The van der Waals surface area contributed by atoms with E-state index in [4.69, 9.17) is 4.74 Å². The topological polar surface area (TPSA) is 87.7 Å². The maximum Gasteiger partial charge on any atom is 0.317 e. The third kappa shape index (κ3) is 5.01. The van der Waals surface area contributed by atoms with Gasteiger partial charge in [0.2, 0.25) is 10.0 Å². The molecule has 0 bridgehead atoms. The predicted molar refractivity (Wildman–Crippen MR) is 130 cm³/mol. The van der Waals surface area contributed by atoms with Crippen LogP contribution < -0.4 is 14.8 Å². The van der Waals surface area contributed by atoms with E-state index in [1.165, 1.54) is 6.26 Å². The van der Waals surface area contributed by atoms with Gasteiger partial charge in [0.1, 0.15) is 5.75 Å². The molecule has 2 N–H and O–H groups in total. The number of rotatable bonds is 8. The van der Waals surface area contributed by atoms with Crippen LogP contribution in [0.4, 0.5) is 4.79 Å². The van der Waals surface area contributed by atoms with Crippen LogP contribution in [-0.4, -0.2) is 57.9 Å². The van der Waals surface area contributed by atoms with Crippen LogP contribution in [0.3, 0.4) is 0 Å². The number of carbonyl (C=O) groups is 1. The summed E-state index contributed by atoms with van der Waals surface area (Å²) in [7, 11) is -1.78. The van der Waals surface area contributed by atoms with Gasteiger partial charge in [-0.2, -0.15) is 0 Å². The van der Waals surface area contributed by atoms with Crippen LogP contribution in [-0.2, 0) is 16.4 Å². The molecule has 2 aromatic rings. The van der Waals surface area contributed by atoms with Gasteiger partial charge in [-0.1, -0.05) is 55.5 Å². The Morgan fingerprint density at radius 1 is 1.15 bits per heavy atom. The van der Waals surface area contributed by atoms with Crippen molar-refractivity contribution in [2.45, 2.75) is 44.7 Å². The predicted octanol–water partition coefficient (Wildman–Crippen LogP) is 3.41. The average Bonchev–Trinajstić information content (AvgIpc) is 3.52. The Kier molecular flexibility index (Phi) is 6.68. The molecule has 4 rings (SSSR count). The summed E-state index contributed by atoms with van der Waals surface area (Å²) in [5.41, 5.74) is 2.78. The number of likely N-dealkylation sites (tertiary alicyclic amines) is 1. The Morgan fingerprint density at radius 2 is 1.88 bits per heavy atom. The molecule has 1 saturated carbocycles. The highest BCUT2D eigenvalue weighted by atomic mass is 32.2. The lowest BCUT2D eigenvalue weighted by molar-refractivity contribution is 0.188. The summed E-state index contributed by atoms with van der Waals surface area (Å²) in [6, 6.07) is 15.3. The molecule has 1 heterocycles. The molecule has 1 spiro atoms. The Morgan fingerprint density at radius 3 is 2.48 bits per heavy atom. The van der Waals surface area contributed by atoms with Crippen molar-refractivity contribution < 1.29 is 17.9 Å². The van der Waals surface area contributed by atoms with Crippen LogP contribution in [0.5, 0.6) is 5.75 Å². The van der Waals surface area contributed by atoms with Crippen molar-refractivity contribution in [3.63, 3.8) is 0 Å². The summed E-state index contributed by atoms with van der Waals surface area (Å²) < 4.78 is 33.2. The number of benzene rings is 2. The molecule has 0 aromatic heterocycles. The number of ether oxygens (including phenoxy) is 1. The zero-order chi connectivity index (χ0) is 23.6. The molecule has 178 valence electrons. The second kappa shape index (κ2) is 9.35. The molecular formula is C25H33N3O4S. The van der Waals surface area contributed by atoms with E-state index in [1.807, 2.05) is 60.4 Å². The lowest BCUT2D eigenvalue weighted by Crippen LogP contribution is -2.51. The van der Waals surface area contributed by atoms with E-state index in [0.717, 1.165) is 41.7 Å². The fourth-order valence-electron chi connectivity index (χ4n) is 5.05. The number of para-hydroxylation sites is 1. The monoisotopic (exact) mass is 471 g/mol. The molecule has 8 heteroatoms. The Labute approximate surface area is 196 Å². The van der Waals surface area contributed by atoms with Gasteiger partial charge in [-0.05, 0) is 36.8 Å². The highest BCUT2D eigenvalue weighted by Gasteiger charge is 2.61. The molecule has 2 fully saturated rings. The van der Waals surface area contributed by atoms with Gasteiger partial charge < -0.3 is 15.0 Å². The molecule has 2 atom stereocenters. The van der Waals surface area contributed by atoms with Crippen molar-refractivity contribution in [1.29, 1.82) is 0 Å². The van der Waals surface area contributed by atoms with E-state index in [2.05, 4.69) is 10.0 Å². The molecule has 2 aromatic carbocycles. The first-order valence-corrected chi connectivity index (χ1v) is 13.4. The number of carbonyl (C=O) groups excluding carboxylic acids is 1. The van der Waals surface area contributed by atoms with E-state index in [9.17, 15) is 13.2 Å². The molecule has 7 nitrogen and oxygen atoms in total. The van der Waals surface area contributed by atoms with E-state index < -0.39 is 10.0 Å². The normalized spacial score (nSPS) is 21.2. The van der Waals surface area contributed by atoms with Crippen LogP contribution in [0.25, 0.3) is 11.1 Å². The molecule has 1 aliphatic heterocycles. The quantitative estimate of drug-likeness (QED) is 0.618. The van der Waals surface area contributed by atoms with E-state index in [0.29, 0.717) is 19.5 Å². The Balaban J connectivity index is 1.71. The number of nitrogens with zero attached hydrogens (tertiary/aromatic N) is 1. The lowest BCUT2D eigenvalue weighted by Gasteiger charge is -2.30. The van der Waals surface area contributed by atoms with E-state index in [-0.39, 0.29) is 23.5 Å². The fourth-order valence-corrected chi connectivity index (χ4v) is 5.92. The first-order valence-electron chi connectivity index (χ1n) is 11.5. The van der Waals surface area contributed by atoms with Crippen molar-refractivity contribution >= 4 is 16.1 Å². The van der Waals surface area contributed by atoms with Gasteiger partial charge in [0, 0.05) is 30.1 Å². The summed E-state index contributed by atoms with van der Waals surface area (Å²) in [5.74, 6) is 0.757. The minimum Gasteiger partial charge on any atom is -0.496 e. The van der Waals surface area contributed by atoms with Gasteiger partial charge in [0.15, 0.2) is 0 Å². The van der Waals surface area contributed by atoms with Crippen molar-refractivity contribution in [2.24, 2.45) is 5.41 Å². The summed E-state index contributed by atoms with van der Waals surface area (Å²) in [4.78, 5) is 14.9. The molecule has 1 saturated heterocycles. The number of hydrogen-bond donors (Lipinski definition) is 2. The maximum atomic E-state index is 13.1. The van der Waals surface area contributed by atoms with Gasteiger partial charge in [-0.15, -0.1) is 0 Å². The van der Waals surface area contributed by atoms with Gasteiger partial charge in [0.25, 0.3) is 0 Å². The van der Waals surface area contributed by atoms with E-state index in [1.54, 1.807) is 7.11 Å². The molecule has 2 amide bonds. The van der Waals surface area contributed by atoms with E-state index >= 15 is 0 Å². The fraction of sp³-hybridized carbons (Fsp3) is 0.480. The minimum absolute atomic E-state index is 0.135. The maximum absolute atomic E-state index is 13.1. The molecular weight excluding hydrogens is 438 g/mol. The van der Waals surface area contributed by atoms with Crippen LogP contribution in [0.2, 0.25) is 0 Å². The van der Waals surface area contributed by atoms with Gasteiger partial charge >= 0.3 is 6.03 Å². The van der Waals surface area contributed by atoms with Gasteiger partial charge in [-0.3, -0.25) is 0 Å². The Hall–Kier alpha value is -2.58. The number of methoxy groups -OCH3 is 1. The van der Waals surface area contributed by atoms with Crippen LogP contribution in [0, 0.1) is 5.41 Å². The molecule has 0 radical (unpaired) electrons. The standard InChI is InChI=1S/C25H33N3O4S/c1-4-15-26-24(29)28-17-25(13-14-25)23(27-33(3,30)31)21(28)16-19-11-8-12-20(22(19)32-2)18-9-6-5-7-10-18/h5-12,21,23,27H,4,13-17H2,1-3H3,(H,26,29)/t21-,23+/m0/s1. The zero-order valence-electron chi connectivity index (χ0n) is 19.5. The van der Waals surface area contributed by atoms with Crippen LogP contribution >= 0.6 is 0 Å². The summed E-state index contributed by atoms with van der Waals surface area (Å²) >= 11 is 0. The molecule has 2 aliphatic rings. The average molecular weight is 472 g/mol. The third-order valence-corrected chi connectivity index (χ3v) is 7.45. The second-order valence-corrected chi connectivity index (χ2v) is 11.0. The molecule has 0 unspecified atom stereocenters. The van der Waals surface area contributed by atoms with Crippen LogP contribution in [0.1, 0.15) is 31.7 Å². The number of hydrogen-bond acceptors (Lipinski definition) is 4.